The van der Waals surface area contributed by atoms with Crippen molar-refractivity contribution in [2.24, 2.45) is 0 Å². The molecule has 0 aliphatic carbocycles. The Morgan fingerprint density at radius 1 is 1.06 bits per heavy atom. The van der Waals surface area contributed by atoms with Crippen LogP contribution in [-0.2, 0) is 6.54 Å². The number of hydrogen-bond donors (Lipinski definition) is 1. The van der Waals surface area contributed by atoms with Crippen LogP contribution in [0.15, 0.2) is 45.3 Å². The van der Waals surface area contributed by atoms with E-state index in [0.717, 1.165) is 26.2 Å². The number of hydrogen-bond acceptors (Lipinski definition) is 1. The van der Waals surface area contributed by atoms with Crippen molar-refractivity contribution in [1.29, 1.82) is 0 Å². The highest BCUT2D eigenvalue weighted by molar-refractivity contribution is 14.1. The first-order valence-corrected chi connectivity index (χ1v) is 8.23. The number of halogens is 4. The average molecular weight is 501 g/mol. The molecule has 0 saturated carbocycles. The Morgan fingerprint density at radius 2 is 1.83 bits per heavy atom. The fraction of sp³-hybridized carbons (Fsp3) is 0.0769. The molecule has 0 radical (unpaired) electrons. The molecule has 1 N–H and O–H groups in total. The van der Waals surface area contributed by atoms with E-state index in [4.69, 9.17) is 11.6 Å². The normalized spacial score (nSPS) is 10.4. The van der Waals surface area contributed by atoms with Gasteiger partial charge in [-0.3, -0.25) is 0 Å². The number of benzene rings is 2. The predicted octanol–water partition coefficient (Wildman–Crippen LogP) is 6.08. The van der Waals surface area contributed by atoms with E-state index in [0.29, 0.717) is 0 Å². The first kappa shape index (κ1) is 14.6. The molecule has 0 saturated heterocycles. The predicted molar refractivity (Wildman–Crippen MR) is 93.3 cm³/mol. The van der Waals surface area contributed by atoms with E-state index in [2.05, 4.69) is 71.9 Å². The fourth-order valence-electron chi connectivity index (χ4n) is 1.49. The summed E-state index contributed by atoms with van der Waals surface area (Å²) in [6, 6.07) is 12.0. The molecule has 0 heterocycles. The number of nitrogens with one attached hydrogen (secondary N) is 1. The Balaban J connectivity index is 2.13. The van der Waals surface area contributed by atoms with Gasteiger partial charge < -0.3 is 5.32 Å². The second-order valence-corrected chi connectivity index (χ2v) is 7.10. The van der Waals surface area contributed by atoms with Crippen LogP contribution in [0.2, 0.25) is 5.02 Å². The van der Waals surface area contributed by atoms with Crippen molar-refractivity contribution in [1.82, 2.24) is 0 Å². The largest absolute Gasteiger partial charge is 0.380 e. The lowest BCUT2D eigenvalue weighted by Crippen LogP contribution is -2.01. The maximum Gasteiger partial charge on any atom is 0.0497 e. The molecular formula is C13H9Br2ClIN. The van der Waals surface area contributed by atoms with Crippen LogP contribution in [0.3, 0.4) is 0 Å². The van der Waals surface area contributed by atoms with Gasteiger partial charge in [-0.2, -0.15) is 0 Å². The van der Waals surface area contributed by atoms with E-state index in [1.54, 1.807) is 0 Å². The molecule has 2 rings (SSSR count). The minimum absolute atomic E-state index is 0.737. The maximum atomic E-state index is 5.92. The van der Waals surface area contributed by atoms with Crippen molar-refractivity contribution in [2.45, 2.75) is 6.54 Å². The third kappa shape index (κ3) is 3.85. The highest BCUT2D eigenvalue weighted by atomic mass is 127. The zero-order valence-corrected chi connectivity index (χ0v) is 15.3. The van der Waals surface area contributed by atoms with Gasteiger partial charge in [0.15, 0.2) is 0 Å². The van der Waals surface area contributed by atoms with E-state index in [1.807, 2.05) is 24.3 Å². The number of rotatable bonds is 3. The lowest BCUT2D eigenvalue weighted by Gasteiger charge is -2.10. The summed E-state index contributed by atoms with van der Waals surface area (Å²) < 4.78 is 3.28. The van der Waals surface area contributed by atoms with Crippen LogP contribution in [0, 0.1) is 3.57 Å². The van der Waals surface area contributed by atoms with E-state index in [-0.39, 0.29) is 0 Å². The Labute approximate surface area is 142 Å². The van der Waals surface area contributed by atoms with Crippen molar-refractivity contribution in [3.8, 4) is 0 Å². The third-order valence-corrected chi connectivity index (χ3v) is 4.75. The Morgan fingerprint density at radius 3 is 2.56 bits per heavy atom. The molecule has 0 atom stereocenters. The second kappa shape index (κ2) is 6.59. The van der Waals surface area contributed by atoms with E-state index < -0.39 is 0 Å². The summed E-state index contributed by atoms with van der Waals surface area (Å²) in [5.74, 6) is 0. The van der Waals surface area contributed by atoms with Gasteiger partial charge in [-0.05, 0) is 74.4 Å². The molecule has 0 bridgehead atoms. The molecule has 18 heavy (non-hydrogen) atoms. The van der Waals surface area contributed by atoms with Gasteiger partial charge in [0.1, 0.15) is 0 Å². The molecule has 0 spiro atoms. The molecule has 0 aliphatic heterocycles. The molecule has 94 valence electrons. The molecule has 0 fully saturated rings. The third-order valence-electron chi connectivity index (χ3n) is 2.41. The Hall–Kier alpha value is 0.220. The summed E-state index contributed by atoms with van der Waals surface area (Å²) in [6.45, 7) is 0.746. The summed E-state index contributed by atoms with van der Waals surface area (Å²) in [5, 5.41) is 4.14. The molecule has 0 aromatic heterocycles. The van der Waals surface area contributed by atoms with Crippen molar-refractivity contribution in [3.05, 3.63) is 59.5 Å². The SMILES string of the molecule is Clc1ccc(CNc2cc(I)ccc2Br)c(Br)c1. The molecule has 0 amide bonds. The zero-order chi connectivity index (χ0) is 13.1. The first-order valence-electron chi connectivity index (χ1n) is 5.19. The summed E-state index contributed by atoms with van der Waals surface area (Å²) in [5.41, 5.74) is 2.26. The standard InChI is InChI=1S/C13H9Br2ClIN/c14-11-4-3-10(17)6-13(11)18-7-8-1-2-9(16)5-12(8)15/h1-6,18H,7H2. The number of anilines is 1. The van der Waals surface area contributed by atoms with Crippen LogP contribution in [0.4, 0.5) is 5.69 Å². The van der Waals surface area contributed by atoms with Gasteiger partial charge in [0.05, 0.1) is 0 Å². The van der Waals surface area contributed by atoms with Crippen molar-refractivity contribution >= 4 is 71.7 Å². The van der Waals surface area contributed by atoms with Crippen molar-refractivity contribution in [3.63, 3.8) is 0 Å². The molecule has 0 unspecified atom stereocenters. The molecular weight excluding hydrogens is 492 g/mol. The summed E-state index contributed by atoms with van der Waals surface area (Å²) in [4.78, 5) is 0. The maximum absolute atomic E-state index is 5.92. The van der Waals surface area contributed by atoms with Gasteiger partial charge in [0.2, 0.25) is 0 Å². The van der Waals surface area contributed by atoms with Crippen LogP contribution in [0.25, 0.3) is 0 Å². The van der Waals surface area contributed by atoms with Crippen LogP contribution >= 0.6 is 66.1 Å². The second-order valence-electron chi connectivity index (χ2n) is 3.71. The minimum Gasteiger partial charge on any atom is -0.380 e. The van der Waals surface area contributed by atoms with Gasteiger partial charge in [0.25, 0.3) is 0 Å². The lowest BCUT2D eigenvalue weighted by atomic mass is 10.2. The first-order chi connectivity index (χ1) is 8.56. The van der Waals surface area contributed by atoms with Gasteiger partial charge in [-0.15, -0.1) is 0 Å². The molecule has 1 nitrogen and oxygen atoms in total. The van der Waals surface area contributed by atoms with Crippen LogP contribution in [0.1, 0.15) is 5.56 Å². The average Bonchev–Trinajstić information content (AvgIpc) is 2.32. The molecule has 0 aliphatic rings. The zero-order valence-electron chi connectivity index (χ0n) is 9.18. The van der Waals surface area contributed by atoms with Crippen molar-refractivity contribution in [2.75, 3.05) is 5.32 Å². The van der Waals surface area contributed by atoms with Crippen LogP contribution in [0.5, 0.6) is 0 Å². The van der Waals surface area contributed by atoms with Gasteiger partial charge >= 0.3 is 0 Å². The Kier molecular flexibility index (Phi) is 5.35. The lowest BCUT2D eigenvalue weighted by molar-refractivity contribution is 1.13. The minimum atomic E-state index is 0.737. The van der Waals surface area contributed by atoms with Crippen molar-refractivity contribution < 1.29 is 0 Å². The topological polar surface area (TPSA) is 12.0 Å². The monoisotopic (exact) mass is 499 g/mol. The summed E-state index contributed by atoms with van der Waals surface area (Å²) in [6.07, 6.45) is 0. The van der Waals surface area contributed by atoms with Crippen LogP contribution < -0.4 is 5.32 Å². The van der Waals surface area contributed by atoms with Gasteiger partial charge in [-0.25, -0.2) is 0 Å². The summed E-state index contributed by atoms with van der Waals surface area (Å²) in [7, 11) is 0. The highest BCUT2D eigenvalue weighted by Gasteiger charge is 2.03. The highest BCUT2D eigenvalue weighted by Crippen LogP contribution is 2.27. The molecule has 5 heteroatoms. The quantitative estimate of drug-likeness (QED) is 0.503. The smallest absolute Gasteiger partial charge is 0.0497 e. The van der Waals surface area contributed by atoms with E-state index in [9.17, 15) is 0 Å². The van der Waals surface area contributed by atoms with Crippen LogP contribution in [-0.4, -0.2) is 0 Å². The Bertz CT molecular complexity index is 575. The van der Waals surface area contributed by atoms with E-state index >= 15 is 0 Å². The summed E-state index contributed by atoms with van der Waals surface area (Å²) >= 11 is 15.3. The molecule has 2 aromatic carbocycles. The van der Waals surface area contributed by atoms with E-state index in [1.165, 1.54) is 9.13 Å². The van der Waals surface area contributed by atoms with Gasteiger partial charge in [-0.1, -0.05) is 33.6 Å². The van der Waals surface area contributed by atoms with Gasteiger partial charge in [0, 0.05) is 29.8 Å². The fourth-order valence-corrected chi connectivity index (χ4v) is 3.19. The molecule has 2 aromatic rings.